The molecule has 0 unspecified atom stereocenters. The summed E-state index contributed by atoms with van der Waals surface area (Å²) >= 11 is 0. The molecule has 3 aliphatic heterocycles. The van der Waals surface area contributed by atoms with Crippen LogP contribution in [0.4, 0.5) is 11.6 Å². The van der Waals surface area contributed by atoms with Crippen LogP contribution in [-0.2, 0) is 14.8 Å². The molecule has 3 saturated heterocycles. The van der Waals surface area contributed by atoms with Gasteiger partial charge in [-0.2, -0.15) is 0 Å². The molecule has 4 rings (SSSR count). The minimum absolute atomic E-state index is 0.162. The molecule has 1 aromatic rings. The van der Waals surface area contributed by atoms with Crippen molar-refractivity contribution in [3.8, 4) is 0 Å². The van der Waals surface area contributed by atoms with E-state index in [-0.39, 0.29) is 17.6 Å². The summed E-state index contributed by atoms with van der Waals surface area (Å²) in [5.74, 6) is 2.26. The zero-order valence-electron chi connectivity index (χ0n) is 15.5. The van der Waals surface area contributed by atoms with Gasteiger partial charge in [-0.15, -0.1) is 0 Å². The summed E-state index contributed by atoms with van der Waals surface area (Å²) in [4.78, 5) is 11.0. The molecule has 2 N–H and O–H groups in total. The summed E-state index contributed by atoms with van der Waals surface area (Å²) < 4.78 is 32.1. The van der Waals surface area contributed by atoms with E-state index in [2.05, 4.69) is 38.8 Å². The Labute approximate surface area is 154 Å². The van der Waals surface area contributed by atoms with Gasteiger partial charge >= 0.3 is 0 Å². The topological polar surface area (TPSA) is 96.5 Å². The first kappa shape index (κ1) is 17.9. The zero-order chi connectivity index (χ0) is 18.5. The molecule has 4 atom stereocenters. The number of sulfonamides is 1. The Kier molecular flexibility index (Phi) is 4.36. The average molecular weight is 382 g/mol. The van der Waals surface area contributed by atoms with Crippen molar-refractivity contribution in [2.75, 3.05) is 36.1 Å². The van der Waals surface area contributed by atoms with Crippen LogP contribution in [-0.4, -0.2) is 62.0 Å². The summed E-state index contributed by atoms with van der Waals surface area (Å²) in [5, 5.41) is 3.31. The normalized spacial score (nSPS) is 33.1. The first-order valence-electron chi connectivity index (χ1n) is 9.22. The second kappa shape index (κ2) is 6.31. The second-order valence-corrected chi connectivity index (χ2v) is 9.92. The second-order valence-electron chi connectivity index (χ2n) is 8.09. The molecule has 0 saturated carbocycles. The standard InChI is InChI=1S/C17H27N5O3S/c1-11(2)21-15-6-16(19-10-18-15)22-8-13-12(7-20-26(3,23)24)14-4-5-17(13,9-22)25-14/h6,10-14,20H,4-5,7-9H2,1-3H3,(H,18,19,21)/t12-,13+,14+,17+/m0/s1. The van der Waals surface area contributed by atoms with Crippen molar-refractivity contribution in [1.29, 1.82) is 0 Å². The lowest BCUT2D eigenvalue weighted by Crippen LogP contribution is -2.41. The Morgan fingerprint density at radius 1 is 1.42 bits per heavy atom. The highest BCUT2D eigenvalue weighted by atomic mass is 32.2. The molecular formula is C17H27N5O3S. The third-order valence-electron chi connectivity index (χ3n) is 5.78. The molecule has 26 heavy (non-hydrogen) atoms. The van der Waals surface area contributed by atoms with Crippen molar-refractivity contribution >= 4 is 21.7 Å². The number of aromatic nitrogens is 2. The number of hydrogen-bond acceptors (Lipinski definition) is 7. The van der Waals surface area contributed by atoms with Gasteiger partial charge in [0, 0.05) is 43.6 Å². The van der Waals surface area contributed by atoms with Crippen molar-refractivity contribution in [2.45, 2.75) is 44.4 Å². The number of nitrogens with one attached hydrogen (secondary N) is 2. The third kappa shape index (κ3) is 3.27. The van der Waals surface area contributed by atoms with Crippen molar-refractivity contribution < 1.29 is 13.2 Å². The van der Waals surface area contributed by atoms with E-state index in [4.69, 9.17) is 4.74 Å². The van der Waals surface area contributed by atoms with Crippen LogP contribution in [0.2, 0.25) is 0 Å². The molecule has 9 heteroatoms. The van der Waals surface area contributed by atoms with E-state index in [1.54, 1.807) is 6.33 Å². The van der Waals surface area contributed by atoms with E-state index in [0.717, 1.165) is 37.6 Å². The average Bonchev–Trinajstić information content (AvgIpc) is 3.19. The quantitative estimate of drug-likeness (QED) is 0.753. The van der Waals surface area contributed by atoms with Crippen LogP contribution in [0.25, 0.3) is 0 Å². The maximum atomic E-state index is 11.5. The van der Waals surface area contributed by atoms with Crippen LogP contribution in [0.1, 0.15) is 26.7 Å². The van der Waals surface area contributed by atoms with E-state index in [1.165, 1.54) is 6.26 Å². The molecule has 4 heterocycles. The summed E-state index contributed by atoms with van der Waals surface area (Å²) in [6, 6.07) is 2.29. The monoisotopic (exact) mass is 381 g/mol. The van der Waals surface area contributed by atoms with Crippen LogP contribution in [0.5, 0.6) is 0 Å². The lowest BCUT2D eigenvalue weighted by atomic mass is 9.74. The van der Waals surface area contributed by atoms with Crippen LogP contribution >= 0.6 is 0 Å². The Morgan fingerprint density at radius 2 is 2.23 bits per heavy atom. The van der Waals surface area contributed by atoms with Gasteiger partial charge < -0.3 is 15.0 Å². The van der Waals surface area contributed by atoms with Crippen LogP contribution in [0, 0.1) is 11.8 Å². The van der Waals surface area contributed by atoms with E-state index >= 15 is 0 Å². The fraction of sp³-hybridized carbons (Fsp3) is 0.765. The maximum absolute atomic E-state index is 11.5. The van der Waals surface area contributed by atoms with E-state index < -0.39 is 10.0 Å². The molecular weight excluding hydrogens is 354 g/mol. The van der Waals surface area contributed by atoms with Crippen molar-refractivity contribution in [2.24, 2.45) is 11.8 Å². The fourth-order valence-corrected chi connectivity index (χ4v) is 5.28. The number of ether oxygens (including phenoxy) is 1. The van der Waals surface area contributed by atoms with Crippen LogP contribution in [0.3, 0.4) is 0 Å². The predicted molar refractivity (Wildman–Crippen MR) is 99.7 cm³/mol. The lowest BCUT2D eigenvalue weighted by Gasteiger charge is -2.29. The largest absolute Gasteiger partial charge is 0.369 e. The van der Waals surface area contributed by atoms with Crippen molar-refractivity contribution in [3.05, 3.63) is 12.4 Å². The molecule has 3 fully saturated rings. The van der Waals surface area contributed by atoms with Crippen LogP contribution in [0.15, 0.2) is 12.4 Å². The summed E-state index contributed by atoms with van der Waals surface area (Å²) in [6.07, 6.45) is 5.01. The molecule has 0 radical (unpaired) electrons. The Hall–Kier alpha value is -1.45. The Balaban J connectivity index is 1.51. The highest BCUT2D eigenvalue weighted by Crippen LogP contribution is 2.55. The highest BCUT2D eigenvalue weighted by Gasteiger charge is 2.63. The summed E-state index contributed by atoms with van der Waals surface area (Å²) in [5.41, 5.74) is -0.162. The van der Waals surface area contributed by atoms with Gasteiger partial charge in [-0.05, 0) is 26.7 Å². The van der Waals surface area contributed by atoms with E-state index in [1.807, 2.05) is 6.07 Å². The van der Waals surface area contributed by atoms with Gasteiger partial charge in [0.1, 0.15) is 18.0 Å². The molecule has 8 nitrogen and oxygen atoms in total. The smallest absolute Gasteiger partial charge is 0.208 e. The highest BCUT2D eigenvalue weighted by molar-refractivity contribution is 7.88. The summed E-state index contributed by atoms with van der Waals surface area (Å²) in [7, 11) is -3.19. The molecule has 2 bridgehead atoms. The molecule has 1 aromatic heterocycles. The van der Waals surface area contributed by atoms with E-state index in [0.29, 0.717) is 18.5 Å². The van der Waals surface area contributed by atoms with Gasteiger partial charge in [-0.3, -0.25) is 0 Å². The molecule has 144 valence electrons. The molecule has 3 aliphatic rings. The molecule has 1 spiro atoms. The number of anilines is 2. The maximum Gasteiger partial charge on any atom is 0.208 e. The fourth-order valence-electron chi connectivity index (χ4n) is 4.78. The van der Waals surface area contributed by atoms with E-state index in [9.17, 15) is 8.42 Å². The number of hydrogen-bond donors (Lipinski definition) is 2. The third-order valence-corrected chi connectivity index (χ3v) is 6.47. The minimum Gasteiger partial charge on any atom is -0.369 e. The Morgan fingerprint density at radius 3 is 2.96 bits per heavy atom. The van der Waals surface area contributed by atoms with Crippen LogP contribution < -0.4 is 14.9 Å². The van der Waals surface area contributed by atoms with Gasteiger partial charge in [0.15, 0.2) is 0 Å². The Bertz CT molecular complexity index is 786. The van der Waals surface area contributed by atoms with Gasteiger partial charge in [-0.25, -0.2) is 23.1 Å². The van der Waals surface area contributed by atoms with Gasteiger partial charge in [0.25, 0.3) is 0 Å². The minimum atomic E-state index is -3.19. The van der Waals surface area contributed by atoms with Gasteiger partial charge in [0.2, 0.25) is 10.0 Å². The van der Waals surface area contributed by atoms with Gasteiger partial charge in [-0.1, -0.05) is 0 Å². The molecule has 0 amide bonds. The number of fused-ring (bicyclic) bond motifs is 1. The SMILES string of the molecule is CC(C)Nc1cc(N2C[C@@H]3[C@H](CNS(C)(=O)=O)[C@H]4CC[C@]3(C2)O4)ncn1. The van der Waals surface area contributed by atoms with Crippen molar-refractivity contribution in [1.82, 2.24) is 14.7 Å². The summed E-state index contributed by atoms with van der Waals surface area (Å²) in [6.45, 7) is 6.25. The van der Waals surface area contributed by atoms with Crippen molar-refractivity contribution in [3.63, 3.8) is 0 Å². The first-order valence-corrected chi connectivity index (χ1v) is 11.1. The number of nitrogens with zero attached hydrogens (tertiary/aromatic N) is 3. The molecule has 0 aliphatic carbocycles. The van der Waals surface area contributed by atoms with Gasteiger partial charge in [0.05, 0.1) is 18.0 Å². The predicted octanol–water partition coefficient (Wildman–Crippen LogP) is 0.830. The first-order chi connectivity index (χ1) is 12.3. The number of rotatable bonds is 6. The zero-order valence-corrected chi connectivity index (χ0v) is 16.3. The molecule has 0 aromatic carbocycles. The lowest BCUT2D eigenvalue weighted by molar-refractivity contribution is 0.0142.